The summed E-state index contributed by atoms with van der Waals surface area (Å²) in [5, 5.41) is 3.46. The molecule has 4 nitrogen and oxygen atoms in total. The number of rotatable bonds is 8. The fourth-order valence-electron chi connectivity index (χ4n) is 1.99. The molecular formula is C15H21N3O. The highest BCUT2D eigenvalue weighted by atomic mass is 16.5. The second-order valence-electron chi connectivity index (χ2n) is 4.51. The fourth-order valence-corrected chi connectivity index (χ4v) is 1.99. The molecule has 0 amide bonds. The zero-order valence-electron chi connectivity index (χ0n) is 11.4. The first-order valence-electron chi connectivity index (χ1n) is 6.68. The van der Waals surface area contributed by atoms with E-state index < -0.39 is 0 Å². The highest BCUT2D eigenvalue weighted by Crippen LogP contribution is 2.12. The lowest BCUT2D eigenvalue weighted by Gasteiger charge is -2.07. The molecular weight excluding hydrogens is 238 g/mol. The number of aromatic nitrogens is 2. The third kappa shape index (κ3) is 4.75. The quantitative estimate of drug-likeness (QED) is 0.738. The Labute approximate surface area is 114 Å². The van der Waals surface area contributed by atoms with Gasteiger partial charge in [0.1, 0.15) is 5.75 Å². The van der Waals surface area contributed by atoms with E-state index in [4.69, 9.17) is 4.74 Å². The van der Waals surface area contributed by atoms with E-state index in [0.29, 0.717) is 0 Å². The SMILES string of the molecule is COc1cccc(CCNCCCn2ccnc2)c1. The zero-order chi connectivity index (χ0) is 13.3. The summed E-state index contributed by atoms with van der Waals surface area (Å²) in [6.07, 6.45) is 7.82. The van der Waals surface area contributed by atoms with E-state index in [2.05, 4.69) is 27.0 Å². The minimum Gasteiger partial charge on any atom is -0.497 e. The third-order valence-corrected chi connectivity index (χ3v) is 3.05. The standard InChI is InChI=1S/C15H21N3O/c1-19-15-5-2-4-14(12-15)6-8-16-7-3-10-18-11-9-17-13-18/h2,4-5,9,11-13,16H,3,6-8,10H2,1H3. The molecule has 102 valence electrons. The summed E-state index contributed by atoms with van der Waals surface area (Å²) in [6, 6.07) is 8.23. The number of nitrogens with zero attached hydrogens (tertiary/aromatic N) is 2. The Morgan fingerprint density at radius 1 is 1.32 bits per heavy atom. The van der Waals surface area contributed by atoms with Crippen LogP contribution in [0.1, 0.15) is 12.0 Å². The molecule has 2 rings (SSSR count). The van der Waals surface area contributed by atoms with Crippen molar-refractivity contribution in [2.75, 3.05) is 20.2 Å². The van der Waals surface area contributed by atoms with E-state index >= 15 is 0 Å². The van der Waals surface area contributed by atoms with Crippen molar-refractivity contribution in [1.82, 2.24) is 14.9 Å². The van der Waals surface area contributed by atoms with Gasteiger partial charge in [0, 0.05) is 18.9 Å². The molecule has 0 aliphatic carbocycles. The molecule has 0 aliphatic heterocycles. The van der Waals surface area contributed by atoms with Gasteiger partial charge in [-0.2, -0.15) is 0 Å². The van der Waals surface area contributed by atoms with Crippen LogP contribution in [-0.4, -0.2) is 29.8 Å². The molecule has 0 saturated carbocycles. The summed E-state index contributed by atoms with van der Waals surface area (Å²) in [5.74, 6) is 0.928. The van der Waals surface area contributed by atoms with Crippen LogP contribution in [0.25, 0.3) is 0 Å². The summed E-state index contributed by atoms with van der Waals surface area (Å²) >= 11 is 0. The van der Waals surface area contributed by atoms with Crippen molar-refractivity contribution < 1.29 is 4.74 Å². The second-order valence-corrected chi connectivity index (χ2v) is 4.51. The smallest absolute Gasteiger partial charge is 0.119 e. The largest absolute Gasteiger partial charge is 0.497 e. The van der Waals surface area contributed by atoms with E-state index in [1.54, 1.807) is 7.11 Å². The average molecular weight is 259 g/mol. The predicted octanol–water partition coefficient (Wildman–Crippen LogP) is 2.11. The van der Waals surface area contributed by atoms with E-state index in [0.717, 1.165) is 38.2 Å². The number of hydrogen-bond acceptors (Lipinski definition) is 3. The van der Waals surface area contributed by atoms with Gasteiger partial charge < -0.3 is 14.6 Å². The van der Waals surface area contributed by atoms with Gasteiger partial charge in [-0.15, -0.1) is 0 Å². The molecule has 4 heteroatoms. The van der Waals surface area contributed by atoms with Gasteiger partial charge in [-0.1, -0.05) is 12.1 Å². The van der Waals surface area contributed by atoms with Gasteiger partial charge in [-0.05, 0) is 43.6 Å². The molecule has 0 radical (unpaired) electrons. The van der Waals surface area contributed by atoms with Crippen LogP contribution in [0, 0.1) is 0 Å². The molecule has 1 aromatic carbocycles. The minimum atomic E-state index is 0.928. The summed E-state index contributed by atoms with van der Waals surface area (Å²) < 4.78 is 7.31. The summed E-state index contributed by atoms with van der Waals surface area (Å²) in [5.41, 5.74) is 1.31. The molecule has 1 aromatic heterocycles. The van der Waals surface area contributed by atoms with Crippen LogP contribution in [0.2, 0.25) is 0 Å². The Balaban J connectivity index is 1.58. The van der Waals surface area contributed by atoms with Crippen LogP contribution in [0.15, 0.2) is 43.0 Å². The maximum Gasteiger partial charge on any atom is 0.119 e. The Morgan fingerprint density at radius 3 is 3.05 bits per heavy atom. The lowest BCUT2D eigenvalue weighted by atomic mass is 10.1. The van der Waals surface area contributed by atoms with Crippen LogP contribution < -0.4 is 10.1 Å². The van der Waals surface area contributed by atoms with Gasteiger partial charge in [0.2, 0.25) is 0 Å². The molecule has 0 fully saturated rings. The number of nitrogens with one attached hydrogen (secondary N) is 1. The highest BCUT2D eigenvalue weighted by Gasteiger charge is 1.96. The first-order valence-corrected chi connectivity index (χ1v) is 6.68. The van der Waals surface area contributed by atoms with Crippen LogP contribution in [-0.2, 0) is 13.0 Å². The highest BCUT2D eigenvalue weighted by molar-refractivity contribution is 5.28. The summed E-state index contributed by atoms with van der Waals surface area (Å²) in [6.45, 7) is 3.05. The monoisotopic (exact) mass is 259 g/mol. The molecule has 0 unspecified atom stereocenters. The Bertz CT molecular complexity index is 468. The Morgan fingerprint density at radius 2 is 2.26 bits per heavy atom. The van der Waals surface area contributed by atoms with Crippen molar-refractivity contribution >= 4 is 0 Å². The van der Waals surface area contributed by atoms with Crippen molar-refractivity contribution in [2.45, 2.75) is 19.4 Å². The van der Waals surface area contributed by atoms with Gasteiger partial charge >= 0.3 is 0 Å². The van der Waals surface area contributed by atoms with E-state index in [9.17, 15) is 0 Å². The van der Waals surface area contributed by atoms with E-state index in [1.807, 2.05) is 30.9 Å². The molecule has 19 heavy (non-hydrogen) atoms. The summed E-state index contributed by atoms with van der Waals surface area (Å²) in [7, 11) is 1.70. The van der Waals surface area contributed by atoms with Gasteiger partial charge in [0.05, 0.1) is 13.4 Å². The minimum absolute atomic E-state index is 0.928. The molecule has 0 saturated heterocycles. The zero-order valence-corrected chi connectivity index (χ0v) is 11.4. The number of methoxy groups -OCH3 is 1. The normalized spacial score (nSPS) is 10.6. The number of aryl methyl sites for hydroxylation is 1. The maximum atomic E-state index is 5.21. The first kappa shape index (κ1) is 13.6. The molecule has 1 N–H and O–H groups in total. The lowest BCUT2D eigenvalue weighted by molar-refractivity contribution is 0.414. The Hall–Kier alpha value is -1.81. The lowest BCUT2D eigenvalue weighted by Crippen LogP contribution is -2.19. The van der Waals surface area contributed by atoms with E-state index in [-0.39, 0.29) is 0 Å². The molecule has 0 bridgehead atoms. The van der Waals surface area contributed by atoms with E-state index in [1.165, 1.54) is 5.56 Å². The van der Waals surface area contributed by atoms with Crippen molar-refractivity contribution in [1.29, 1.82) is 0 Å². The van der Waals surface area contributed by atoms with Crippen molar-refractivity contribution in [3.05, 3.63) is 48.5 Å². The molecule has 0 aliphatic rings. The first-order chi connectivity index (χ1) is 9.38. The number of imidazole rings is 1. The number of ether oxygens (including phenoxy) is 1. The number of benzene rings is 1. The van der Waals surface area contributed by atoms with Gasteiger partial charge in [0.25, 0.3) is 0 Å². The van der Waals surface area contributed by atoms with Crippen LogP contribution in [0.3, 0.4) is 0 Å². The predicted molar refractivity (Wildman–Crippen MR) is 76.4 cm³/mol. The van der Waals surface area contributed by atoms with Crippen molar-refractivity contribution in [3.63, 3.8) is 0 Å². The van der Waals surface area contributed by atoms with Gasteiger partial charge in [-0.3, -0.25) is 0 Å². The maximum absolute atomic E-state index is 5.21. The number of hydrogen-bond donors (Lipinski definition) is 1. The average Bonchev–Trinajstić information content (AvgIpc) is 2.96. The van der Waals surface area contributed by atoms with Crippen molar-refractivity contribution in [2.24, 2.45) is 0 Å². The van der Waals surface area contributed by atoms with Gasteiger partial charge in [-0.25, -0.2) is 4.98 Å². The van der Waals surface area contributed by atoms with Crippen LogP contribution >= 0.6 is 0 Å². The third-order valence-electron chi connectivity index (χ3n) is 3.05. The summed E-state index contributed by atoms with van der Waals surface area (Å²) in [4.78, 5) is 4.02. The van der Waals surface area contributed by atoms with Crippen LogP contribution in [0.5, 0.6) is 5.75 Å². The topological polar surface area (TPSA) is 39.1 Å². The Kier molecular flexibility index (Phi) is 5.44. The molecule has 2 aromatic rings. The molecule has 1 heterocycles. The second kappa shape index (κ2) is 7.59. The fraction of sp³-hybridized carbons (Fsp3) is 0.400. The van der Waals surface area contributed by atoms with Crippen LogP contribution in [0.4, 0.5) is 0 Å². The van der Waals surface area contributed by atoms with Crippen molar-refractivity contribution in [3.8, 4) is 5.75 Å². The molecule has 0 atom stereocenters. The molecule has 0 spiro atoms. The van der Waals surface area contributed by atoms with Gasteiger partial charge in [0.15, 0.2) is 0 Å².